The zero-order valence-corrected chi connectivity index (χ0v) is 7.30. The van der Waals surface area contributed by atoms with E-state index in [0.29, 0.717) is 5.56 Å². The second-order valence-corrected chi connectivity index (χ2v) is 1.93. The lowest BCUT2D eigenvalue weighted by atomic mass is 10.2. The number of halogens is 1. The van der Waals surface area contributed by atoms with Crippen LogP contribution in [0.3, 0.4) is 0 Å². The van der Waals surface area contributed by atoms with E-state index in [1.54, 1.807) is 12.1 Å². The summed E-state index contributed by atoms with van der Waals surface area (Å²) in [7, 11) is 1.30. The Balaban J connectivity index is 0.00000121. The SMILES string of the molecule is COC(=O)c1cccnc1N.Cl. The normalized spacial score (nSPS) is 8.42. The summed E-state index contributed by atoms with van der Waals surface area (Å²) in [4.78, 5) is 14.6. The van der Waals surface area contributed by atoms with E-state index in [1.165, 1.54) is 13.3 Å². The first-order chi connectivity index (χ1) is 5.25. The van der Waals surface area contributed by atoms with Gasteiger partial charge in [0, 0.05) is 6.20 Å². The number of carbonyl (C=O) groups excluding carboxylic acids is 1. The van der Waals surface area contributed by atoms with Crippen molar-refractivity contribution in [2.45, 2.75) is 0 Å². The molecule has 0 radical (unpaired) electrons. The van der Waals surface area contributed by atoms with Crippen molar-refractivity contribution in [1.82, 2.24) is 4.98 Å². The summed E-state index contributed by atoms with van der Waals surface area (Å²) in [6.07, 6.45) is 1.52. The summed E-state index contributed by atoms with van der Waals surface area (Å²) in [6.45, 7) is 0. The molecule has 0 saturated heterocycles. The van der Waals surface area contributed by atoms with Gasteiger partial charge in [-0.3, -0.25) is 0 Å². The van der Waals surface area contributed by atoms with Gasteiger partial charge in [0.1, 0.15) is 11.4 Å². The first-order valence-electron chi connectivity index (χ1n) is 3.04. The maximum atomic E-state index is 10.9. The fourth-order valence-electron chi connectivity index (χ4n) is 0.700. The van der Waals surface area contributed by atoms with Crippen molar-refractivity contribution in [3.63, 3.8) is 0 Å². The lowest BCUT2D eigenvalue weighted by Gasteiger charge is -1.99. The van der Waals surface area contributed by atoms with Gasteiger partial charge in [0.25, 0.3) is 0 Å². The molecule has 0 saturated carbocycles. The second kappa shape index (κ2) is 4.56. The molecule has 0 atom stereocenters. The van der Waals surface area contributed by atoms with E-state index in [0.717, 1.165) is 0 Å². The van der Waals surface area contributed by atoms with Crippen LogP contribution < -0.4 is 5.73 Å². The maximum absolute atomic E-state index is 10.9. The molecule has 0 aliphatic rings. The lowest BCUT2D eigenvalue weighted by molar-refractivity contribution is 0.0601. The van der Waals surface area contributed by atoms with Gasteiger partial charge in [0.15, 0.2) is 0 Å². The summed E-state index contributed by atoms with van der Waals surface area (Å²) >= 11 is 0. The molecule has 66 valence electrons. The van der Waals surface area contributed by atoms with Crippen molar-refractivity contribution in [1.29, 1.82) is 0 Å². The molecule has 0 bridgehead atoms. The Bertz CT molecular complexity index is 278. The zero-order valence-electron chi connectivity index (χ0n) is 6.48. The lowest BCUT2D eigenvalue weighted by Crippen LogP contribution is -2.06. The van der Waals surface area contributed by atoms with E-state index < -0.39 is 5.97 Å². The van der Waals surface area contributed by atoms with Crippen molar-refractivity contribution in [2.75, 3.05) is 12.8 Å². The van der Waals surface area contributed by atoms with Gasteiger partial charge in [-0.1, -0.05) is 0 Å². The van der Waals surface area contributed by atoms with Crippen LogP contribution in [0.4, 0.5) is 5.82 Å². The average Bonchev–Trinajstić information content (AvgIpc) is 2.04. The van der Waals surface area contributed by atoms with Crippen molar-refractivity contribution >= 4 is 24.2 Å². The van der Waals surface area contributed by atoms with Crippen LogP contribution >= 0.6 is 12.4 Å². The van der Waals surface area contributed by atoms with Crippen LogP contribution in [0.2, 0.25) is 0 Å². The van der Waals surface area contributed by atoms with Gasteiger partial charge >= 0.3 is 5.97 Å². The molecule has 0 aromatic carbocycles. The molecule has 5 heteroatoms. The summed E-state index contributed by atoms with van der Waals surface area (Å²) in [5.74, 6) is -0.269. The van der Waals surface area contributed by atoms with Crippen LogP contribution in [0.15, 0.2) is 18.3 Å². The Labute approximate surface area is 76.1 Å². The number of nitrogens with two attached hydrogens (primary N) is 1. The Hall–Kier alpha value is -1.29. The number of carbonyl (C=O) groups is 1. The molecule has 0 fully saturated rings. The predicted molar refractivity (Wildman–Crippen MR) is 47.2 cm³/mol. The number of hydrogen-bond donors (Lipinski definition) is 1. The Kier molecular flexibility index (Phi) is 4.07. The van der Waals surface area contributed by atoms with Gasteiger partial charge in [-0.15, -0.1) is 12.4 Å². The fourth-order valence-corrected chi connectivity index (χ4v) is 0.700. The number of aromatic nitrogens is 1. The first kappa shape index (κ1) is 10.7. The Morgan fingerprint density at radius 1 is 1.67 bits per heavy atom. The van der Waals surface area contributed by atoms with Gasteiger partial charge in [-0.05, 0) is 12.1 Å². The molecule has 1 rings (SSSR count). The number of nitrogens with zero attached hydrogens (tertiary/aromatic N) is 1. The topological polar surface area (TPSA) is 65.2 Å². The van der Waals surface area contributed by atoms with Crippen LogP contribution in [0.5, 0.6) is 0 Å². The number of hydrogen-bond acceptors (Lipinski definition) is 4. The molecular weight excluding hydrogens is 180 g/mol. The van der Waals surface area contributed by atoms with E-state index in [-0.39, 0.29) is 18.2 Å². The molecule has 1 heterocycles. The van der Waals surface area contributed by atoms with E-state index in [4.69, 9.17) is 5.73 Å². The van der Waals surface area contributed by atoms with Crippen molar-refractivity contribution in [3.05, 3.63) is 23.9 Å². The number of esters is 1. The van der Waals surface area contributed by atoms with Crippen LogP contribution in [0.1, 0.15) is 10.4 Å². The fraction of sp³-hybridized carbons (Fsp3) is 0.143. The van der Waals surface area contributed by atoms with Gasteiger partial charge in [0.05, 0.1) is 7.11 Å². The first-order valence-corrected chi connectivity index (χ1v) is 3.04. The third-order valence-electron chi connectivity index (χ3n) is 1.24. The van der Waals surface area contributed by atoms with Crippen LogP contribution in [-0.4, -0.2) is 18.1 Å². The standard InChI is InChI=1S/C7H8N2O2.ClH/c1-11-7(10)5-3-2-4-9-6(5)8;/h2-4H,1H3,(H2,8,9);1H. The number of nitrogen functional groups attached to an aromatic ring is 1. The van der Waals surface area contributed by atoms with Crippen LogP contribution in [0, 0.1) is 0 Å². The largest absolute Gasteiger partial charge is 0.465 e. The minimum absolute atomic E-state index is 0. The Morgan fingerprint density at radius 3 is 2.83 bits per heavy atom. The minimum atomic E-state index is -0.462. The number of ether oxygens (including phenoxy) is 1. The smallest absolute Gasteiger partial charge is 0.341 e. The van der Waals surface area contributed by atoms with Crippen molar-refractivity contribution in [3.8, 4) is 0 Å². The third-order valence-corrected chi connectivity index (χ3v) is 1.24. The molecule has 4 nitrogen and oxygen atoms in total. The molecule has 12 heavy (non-hydrogen) atoms. The highest BCUT2D eigenvalue weighted by atomic mass is 35.5. The van der Waals surface area contributed by atoms with Gasteiger partial charge in [0.2, 0.25) is 0 Å². The summed E-state index contributed by atoms with van der Waals surface area (Å²) < 4.78 is 4.46. The summed E-state index contributed by atoms with van der Waals surface area (Å²) in [5.41, 5.74) is 5.69. The van der Waals surface area contributed by atoms with Gasteiger partial charge < -0.3 is 10.5 Å². The number of rotatable bonds is 1. The zero-order chi connectivity index (χ0) is 8.27. The maximum Gasteiger partial charge on any atom is 0.341 e. The molecule has 2 N–H and O–H groups in total. The van der Waals surface area contributed by atoms with Crippen molar-refractivity contribution in [2.24, 2.45) is 0 Å². The van der Waals surface area contributed by atoms with Gasteiger partial charge in [-0.2, -0.15) is 0 Å². The highest BCUT2D eigenvalue weighted by molar-refractivity contribution is 5.93. The molecule has 0 aliphatic carbocycles. The van der Waals surface area contributed by atoms with Crippen LogP contribution in [0.25, 0.3) is 0 Å². The molecule has 1 aromatic rings. The van der Waals surface area contributed by atoms with E-state index in [1.807, 2.05) is 0 Å². The molecule has 0 unspecified atom stereocenters. The van der Waals surface area contributed by atoms with E-state index in [9.17, 15) is 4.79 Å². The highest BCUT2D eigenvalue weighted by Gasteiger charge is 2.08. The molecule has 1 aromatic heterocycles. The monoisotopic (exact) mass is 188 g/mol. The Morgan fingerprint density at radius 2 is 2.33 bits per heavy atom. The molecule has 0 spiro atoms. The number of methoxy groups -OCH3 is 1. The molecule has 0 amide bonds. The average molecular weight is 189 g/mol. The van der Waals surface area contributed by atoms with Crippen LogP contribution in [-0.2, 0) is 4.74 Å². The van der Waals surface area contributed by atoms with Gasteiger partial charge in [-0.25, -0.2) is 9.78 Å². The second-order valence-electron chi connectivity index (χ2n) is 1.93. The number of anilines is 1. The predicted octanol–water partition coefficient (Wildman–Crippen LogP) is 0.872. The third kappa shape index (κ3) is 2.10. The van der Waals surface area contributed by atoms with E-state index in [2.05, 4.69) is 9.72 Å². The summed E-state index contributed by atoms with van der Waals surface area (Å²) in [5, 5.41) is 0. The number of pyridine rings is 1. The highest BCUT2D eigenvalue weighted by Crippen LogP contribution is 2.07. The summed E-state index contributed by atoms with van der Waals surface area (Å²) in [6, 6.07) is 3.19. The minimum Gasteiger partial charge on any atom is -0.465 e. The van der Waals surface area contributed by atoms with E-state index >= 15 is 0 Å². The van der Waals surface area contributed by atoms with Crippen molar-refractivity contribution < 1.29 is 9.53 Å². The quantitative estimate of drug-likeness (QED) is 0.665. The molecule has 0 aliphatic heterocycles. The molecular formula is C7H9ClN2O2.